The third-order valence-corrected chi connectivity index (χ3v) is 10.1. The standard InChI is InChI=1S/C19H28N2O.C10H11N9O4.C7H9N7/c1-6-19(7-2,8-3)14-22-18-11-9-17(10-12-18)21-16(5)13-15(4)20-21;1-6-3-7(2)17(15-6)9-13-11-8(12-14-9)16-4-10(5-16,18(20)21)19(22)23;1-4-3-5(2)14(13-4)7-11-9-6(8)10-12-7/h9-13H,6-8,14H2,1-5H3;3H,4-5H2,1-2H3;3H,1-2H3,(H2,8,9,10). The summed E-state index contributed by atoms with van der Waals surface area (Å²) in [5.41, 5.74) is 10.00. The molecule has 1 aromatic carbocycles. The van der Waals surface area contributed by atoms with Crippen LogP contribution in [0.25, 0.3) is 17.6 Å². The van der Waals surface area contributed by atoms with E-state index < -0.39 is 28.6 Å². The van der Waals surface area contributed by atoms with Crippen LogP contribution in [0.1, 0.15) is 74.2 Å². The summed E-state index contributed by atoms with van der Waals surface area (Å²) in [6, 6.07) is 14.0. The van der Waals surface area contributed by atoms with Gasteiger partial charge in [-0.05, 0) is 103 Å². The predicted molar refractivity (Wildman–Crippen MR) is 214 cm³/mol. The van der Waals surface area contributed by atoms with E-state index in [1.54, 1.807) is 4.68 Å². The highest BCUT2D eigenvalue weighted by molar-refractivity contribution is 5.38. The first-order chi connectivity index (χ1) is 28.0. The van der Waals surface area contributed by atoms with E-state index in [2.05, 4.69) is 102 Å². The number of ether oxygens (including phenoxy) is 1. The van der Waals surface area contributed by atoms with Gasteiger partial charge in [0.2, 0.25) is 0 Å². The van der Waals surface area contributed by atoms with E-state index in [0.29, 0.717) is 11.4 Å². The van der Waals surface area contributed by atoms with E-state index in [1.165, 1.54) is 9.58 Å². The summed E-state index contributed by atoms with van der Waals surface area (Å²) in [7, 11) is 0. The number of hydrogen-bond donors (Lipinski definition) is 1. The number of nitrogens with two attached hydrogens (primary N) is 1. The number of nitro groups is 2. The lowest BCUT2D eigenvalue weighted by Crippen LogP contribution is -2.70. The van der Waals surface area contributed by atoms with Gasteiger partial charge >= 0.3 is 5.66 Å². The fourth-order valence-electron chi connectivity index (χ4n) is 6.28. The van der Waals surface area contributed by atoms with E-state index in [-0.39, 0.29) is 17.8 Å². The molecule has 0 saturated carbocycles. The van der Waals surface area contributed by atoms with Gasteiger partial charge in [0.05, 0.1) is 29.4 Å². The SMILES string of the molecule is CCC(CC)(CC)COc1ccc(-n2nc(C)cc2C)cc1.Cc1cc(C)n(-c2nnc(N)nn2)n1.Cc1cc(C)n(-c2nnc(N3CC([N+](=O)[O-])([N+](=O)[O-])C3)nn2)n1. The summed E-state index contributed by atoms with van der Waals surface area (Å²) >= 11 is 0. The first kappa shape index (κ1) is 43.1. The summed E-state index contributed by atoms with van der Waals surface area (Å²) in [4.78, 5) is 21.2. The van der Waals surface area contributed by atoms with Gasteiger partial charge in [-0.1, -0.05) is 20.8 Å². The van der Waals surface area contributed by atoms with E-state index in [1.807, 2.05) is 63.6 Å². The molecule has 7 rings (SSSR count). The van der Waals surface area contributed by atoms with Crippen LogP contribution in [0.15, 0.2) is 42.5 Å². The van der Waals surface area contributed by atoms with Gasteiger partial charge in [-0.3, -0.25) is 20.2 Å². The Bertz CT molecular complexity index is 2320. The number of hydrogen-bond acceptors (Lipinski definition) is 18. The molecule has 312 valence electrons. The highest BCUT2D eigenvalue weighted by atomic mass is 16.7. The van der Waals surface area contributed by atoms with Crippen LogP contribution in [0.3, 0.4) is 0 Å². The van der Waals surface area contributed by atoms with Crippen molar-refractivity contribution in [1.29, 1.82) is 0 Å². The zero-order chi connectivity index (χ0) is 43.1. The Kier molecular flexibility index (Phi) is 13.2. The van der Waals surface area contributed by atoms with Gasteiger partial charge in [-0.15, -0.1) is 40.8 Å². The molecule has 59 heavy (non-hydrogen) atoms. The average molecular weight is 813 g/mol. The lowest BCUT2D eigenvalue weighted by molar-refractivity contribution is -0.799. The molecule has 1 fully saturated rings. The molecule has 5 aromatic heterocycles. The third-order valence-electron chi connectivity index (χ3n) is 10.1. The minimum atomic E-state index is -2.22. The fourth-order valence-corrected chi connectivity index (χ4v) is 6.28. The summed E-state index contributed by atoms with van der Waals surface area (Å²) < 4.78 is 11.0. The quantitative estimate of drug-likeness (QED) is 0.104. The molecule has 6 aromatic rings. The van der Waals surface area contributed by atoms with Gasteiger partial charge in [0.1, 0.15) is 15.6 Å². The second kappa shape index (κ2) is 18.0. The molecule has 0 aliphatic carbocycles. The van der Waals surface area contributed by atoms with Crippen molar-refractivity contribution >= 4 is 11.9 Å². The topological polar surface area (TPSA) is 281 Å². The zero-order valence-corrected chi connectivity index (χ0v) is 34.5. The third kappa shape index (κ3) is 9.73. The summed E-state index contributed by atoms with van der Waals surface area (Å²) in [6.45, 7) is 18.2. The minimum Gasteiger partial charge on any atom is -0.493 e. The van der Waals surface area contributed by atoms with Crippen LogP contribution in [0, 0.1) is 67.2 Å². The lowest BCUT2D eigenvalue weighted by Gasteiger charge is -2.35. The summed E-state index contributed by atoms with van der Waals surface area (Å²) in [5, 5.41) is 64.7. The van der Waals surface area contributed by atoms with Gasteiger partial charge in [0.15, 0.2) is 13.1 Å². The second-order valence-corrected chi connectivity index (χ2v) is 14.3. The van der Waals surface area contributed by atoms with E-state index in [4.69, 9.17) is 10.5 Å². The molecule has 23 heteroatoms. The Labute approximate surface area is 339 Å². The maximum Gasteiger partial charge on any atom is 0.492 e. The van der Waals surface area contributed by atoms with Crippen LogP contribution in [-0.2, 0) is 0 Å². The largest absolute Gasteiger partial charge is 0.493 e. The smallest absolute Gasteiger partial charge is 0.492 e. The molecular weight excluding hydrogens is 765 g/mol. The minimum absolute atomic E-state index is 0.00499. The van der Waals surface area contributed by atoms with Gasteiger partial charge in [0, 0.05) is 22.5 Å². The molecule has 0 unspecified atom stereocenters. The Balaban J connectivity index is 0.000000173. The van der Waals surface area contributed by atoms with Gasteiger partial charge < -0.3 is 15.4 Å². The Morgan fingerprint density at radius 1 is 0.644 bits per heavy atom. The molecule has 2 N–H and O–H groups in total. The monoisotopic (exact) mass is 812 g/mol. The zero-order valence-electron chi connectivity index (χ0n) is 34.5. The molecule has 0 atom stereocenters. The second-order valence-electron chi connectivity index (χ2n) is 14.3. The maximum absolute atomic E-state index is 10.9. The van der Waals surface area contributed by atoms with Gasteiger partial charge in [-0.25, -0.2) is 14.0 Å². The van der Waals surface area contributed by atoms with Crippen molar-refractivity contribution in [2.24, 2.45) is 5.41 Å². The van der Waals surface area contributed by atoms with Crippen LogP contribution in [-0.4, -0.2) is 105 Å². The summed E-state index contributed by atoms with van der Waals surface area (Å²) in [5.74, 6) is 1.45. The Morgan fingerprint density at radius 2 is 1.03 bits per heavy atom. The Morgan fingerprint density at radius 3 is 1.41 bits per heavy atom. The van der Waals surface area contributed by atoms with Crippen LogP contribution in [0.4, 0.5) is 11.9 Å². The molecule has 0 bridgehead atoms. The number of nitrogens with zero attached hydrogens (tertiary/aromatic N) is 17. The van der Waals surface area contributed by atoms with E-state index in [9.17, 15) is 20.2 Å². The van der Waals surface area contributed by atoms with Gasteiger partial charge in [0.25, 0.3) is 23.8 Å². The number of aromatic nitrogens is 14. The number of benzene rings is 1. The van der Waals surface area contributed by atoms with Crippen LogP contribution < -0.4 is 15.4 Å². The van der Waals surface area contributed by atoms with Crippen molar-refractivity contribution in [2.45, 2.75) is 87.2 Å². The van der Waals surface area contributed by atoms with Crippen LogP contribution in [0.2, 0.25) is 0 Å². The van der Waals surface area contributed by atoms with Crippen LogP contribution >= 0.6 is 0 Å². The molecule has 0 radical (unpaired) electrons. The van der Waals surface area contributed by atoms with E-state index >= 15 is 0 Å². The van der Waals surface area contributed by atoms with Crippen molar-refractivity contribution < 1.29 is 14.6 Å². The number of rotatable bonds is 12. The highest BCUT2D eigenvalue weighted by Gasteiger charge is 2.67. The normalized spacial score (nSPS) is 13.1. The molecule has 0 spiro atoms. The fraction of sp³-hybridized carbons (Fsp3) is 0.472. The average Bonchev–Trinajstić information content (AvgIpc) is 3.85. The number of aryl methyl sites for hydroxylation is 6. The summed E-state index contributed by atoms with van der Waals surface area (Å²) in [6.07, 6.45) is 3.47. The molecule has 23 nitrogen and oxygen atoms in total. The van der Waals surface area contributed by atoms with Crippen molar-refractivity contribution in [3.05, 3.63) is 96.9 Å². The van der Waals surface area contributed by atoms with Crippen molar-refractivity contribution in [3.63, 3.8) is 0 Å². The molecule has 6 heterocycles. The van der Waals surface area contributed by atoms with Crippen LogP contribution in [0.5, 0.6) is 5.75 Å². The molecule has 0 amide bonds. The number of nitrogen functional groups attached to an aromatic ring is 1. The van der Waals surface area contributed by atoms with Crippen molar-refractivity contribution in [3.8, 4) is 23.3 Å². The predicted octanol–water partition coefficient (Wildman–Crippen LogP) is 3.87. The maximum atomic E-state index is 10.9. The molecular formula is C36H48N18O5. The van der Waals surface area contributed by atoms with E-state index in [0.717, 1.165) is 71.5 Å². The first-order valence-electron chi connectivity index (χ1n) is 18.8. The highest BCUT2D eigenvalue weighted by Crippen LogP contribution is 2.31. The molecule has 1 aliphatic rings. The van der Waals surface area contributed by atoms with Gasteiger partial charge in [-0.2, -0.15) is 15.3 Å². The lowest BCUT2D eigenvalue weighted by atomic mass is 9.81. The molecule has 1 aliphatic heterocycles. The molecule has 1 saturated heterocycles. The van der Waals surface area contributed by atoms with Crippen molar-refractivity contribution in [2.75, 3.05) is 30.3 Å². The first-order valence-corrected chi connectivity index (χ1v) is 18.8. The van der Waals surface area contributed by atoms with Crippen molar-refractivity contribution in [1.82, 2.24) is 70.1 Å². The number of anilines is 2. The Hall–Kier alpha value is -7.07.